The van der Waals surface area contributed by atoms with Crippen LogP contribution in [0.4, 0.5) is 0 Å². The van der Waals surface area contributed by atoms with Gasteiger partial charge in [0.1, 0.15) is 0 Å². The van der Waals surface area contributed by atoms with E-state index in [9.17, 15) is 0 Å². The lowest BCUT2D eigenvalue weighted by atomic mass is 10.4. The Morgan fingerprint density at radius 1 is 1.19 bits per heavy atom. The highest BCUT2D eigenvalue weighted by molar-refractivity contribution is 5.01. The van der Waals surface area contributed by atoms with Crippen LogP contribution in [0.2, 0.25) is 0 Å². The van der Waals surface area contributed by atoms with Gasteiger partial charge in [0.25, 0.3) is 0 Å². The predicted octanol–water partition coefficient (Wildman–Crippen LogP) is 0.808. The van der Waals surface area contributed by atoms with Crippen molar-refractivity contribution in [2.75, 3.05) is 0 Å². The number of hydrogen-bond acceptors (Lipinski definition) is 4. The second-order valence-corrected chi connectivity index (χ2v) is 3.75. The standard InChI is InChI=1S/C11H15N5/c1-9-3-15-10(5-14-9)4-12-6-11-7-13-8-16(11)2/h3,5,7-8,12H,4,6H2,1-2H3. The molecule has 0 saturated heterocycles. The third-order valence-corrected chi connectivity index (χ3v) is 2.36. The average Bonchev–Trinajstić information content (AvgIpc) is 2.68. The van der Waals surface area contributed by atoms with E-state index in [1.807, 2.05) is 24.7 Å². The van der Waals surface area contributed by atoms with E-state index in [2.05, 4.69) is 20.3 Å². The zero-order valence-corrected chi connectivity index (χ0v) is 9.51. The molecule has 0 radical (unpaired) electrons. The number of aromatic nitrogens is 4. The highest BCUT2D eigenvalue weighted by Gasteiger charge is 1.98. The van der Waals surface area contributed by atoms with E-state index in [1.165, 1.54) is 0 Å². The highest BCUT2D eigenvalue weighted by Crippen LogP contribution is 1.97. The van der Waals surface area contributed by atoms with Gasteiger partial charge in [-0.25, -0.2) is 4.98 Å². The van der Waals surface area contributed by atoms with Crippen molar-refractivity contribution >= 4 is 0 Å². The minimum Gasteiger partial charge on any atom is -0.337 e. The molecule has 0 fully saturated rings. The second kappa shape index (κ2) is 4.85. The first-order valence-electron chi connectivity index (χ1n) is 5.19. The van der Waals surface area contributed by atoms with Crippen LogP contribution in [0, 0.1) is 6.92 Å². The first-order chi connectivity index (χ1) is 7.75. The summed E-state index contributed by atoms with van der Waals surface area (Å²) in [7, 11) is 1.98. The van der Waals surface area contributed by atoms with E-state index < -0.39 is 0 Å². The molecule has 5 heteroatoms. The molecule has 0 aromatic carbocycles. The van der Waals surface area contributed by atoms with Gasteiger partial charge in [-0.1, -0.05) is 0 Å². The minimum atomic E-state index is 0.721. The first-order valence-corrected chi connectivity index (χ1v) is 5.19. The smallest absolute Gasteiger partial charge is 0.0945 e. The Morgan fingerprint density at radius 2 is 2.06 bits per heavy atom. The fraction of sp³-hybridized carbons (Fsp3) is 0.364. The maximum Gasteiger partial charge on any atom is 0.0945 e. The van der Waals surface area contributed by atoms with Gasteiger partial charge in [0.05, 0.1) is 23.4 Å². The lowest BCUT2D eigenvalue weighted by Gasteiger charge is -2.04. The zero-order chi connectivity index (χ0) is 11.4. The van der Waals surface area contributed by atoms with Crippen LogP contribution in [0.25, 0.3) is 0 Å². The van der Waals surface area contributed by atoms with Gasteiger partial charge in [-0.15, -0.1) is 0 Å². The van der Waals surface area contributed by atoms with Gasteiger partial charge in [-0.3, -0.25) is 9.97 Å². The Labute approximate surface area is 94.6 Å². The largest absolute Gasteiger partial charge is 0.337 e. The highest BCUT2D eigenvalue weighted by atomic mass is 15.0. The number of aryl methyl sites for hydroxylation is 2. The molecule has 0 amide bonds. The number of rotatable bonds is 4. The van der Waals surface area contributed by atoms with Gasteiger partial charge >= 0.3 is 0 Å². The summed E-state index contributed by atoms with van der Waals surface area (Å²) in [6, 6.07) is 0. The Balaban J connectivity index is 1.84. The van der Waals surface area contributed by atoms with Crippen molar-refractivity contribution in [2.24, 2.45) is 7.05 Å². The molecule has 0 aliphatic rings. The van der Waals surface area contributed by atoms with E-state index in [4.69, 9.17) is 0 Å². The fourth-order valence-corrected chi connectivity index (χ4v) is 1.38. The summed E-state index contributed by atoms with van der Waals surface area (Å²) >= 11 is 0. The molecule has 2 aromatic heterocycles. The van der Waals surface area contributed by atoms with Crippen LogP contribution in [0.5, 0.6) is 0 Å². The molecule has 0 aliphatic carbocycles. The molecule has 0 atom stereocenters. The Kier molecular flexibility index (Phi) is 3.26. The monoisotopic (exact) mass is 217 g/mol. The Bertz CT molecular complexity index is 446. The predicted molar refractivity (Wildman–Crippen MR) is 60.5 cm³/mol. The van der Waals surface area contributed by atoms with Crippen molar-refractivity contribution in [3.05, 3.63) is 42.0 Å². The zero-order valence-electron chi connectivity index (χ0n) is 9.51. The van der Waals surface area contributed by atoms with Gasteiger partial charge in [0.15, 0.2) is 0 Å². The van der Waals surface area contributed by atoms with Gasteiger partial charge < -0.3 is 9.88 Å². The molecule has 84 valence electrons. The third-order valence-electron chi connectivity index (χ3n) is 2.36. The van der Waals surface area contributed by atoms with Crippen LogP contribution in [-0.2, 0) is 20.1 Å². The maximum atomic E-state index is 4.27. The molecule has 5 nitrogen and oxygen atoms in total. The quantitative estimate of drug-likeness (QED) is 0.823. The first kappa shape index (κ1) is 10.8. The summed E-state index contributed by atoms with van der Waals surface area (Å²) < 4.78 is 1.99. The van der Waals surface area contributed by atoms with Crippen molar-refractivity contribution in [1.29, 1.82) is 0 Å². The summed E-state index contributed by atoms with van der Waals surface area (Å²) in [5, 5.41) is 3.30. The van der Waals surface area contributed by atoms with Crippen LogP contribution < -0.4 is 5.32 Å². The number of nitrogens with zero attached hydrogens (tertiary/aromatic N) is 4. The van der Waals surface area contributed by atoms with Crippen molar-refractivity contribution in [2.45, 2.75) is 20.0 Å². The molecule has 2 heterocycles. The summed E-state index contributed by atoms with van der Waals surface area (Å²) in [5.74, 6) is 0. The van der Waals surface area contributed by atoms with E-state index in [0.717, 1.165) is 30.2 Å². The van der Waals surface area contributed by atoms with Crippen molar-refractivity contribution in [1.82, 2.24) is 24.8 Å². The SMILES string of the molecule is Cc1cnc(CNCc2cncn2C)cn1. The third kappa shape index (κ3) is 2.64. The average molecular weight is 217 g/mol. The number of hydrogen-bond donors (Lipinski definition) is 1. The molecular formula is C11H15N5. The van der Waals surface area contributed by atoms with E-state index in [0.29, 0.717) is 0 Å². The molecule has 2 rings (SSSR count). The molecule has 16 heavy (non-hydrogen) atoms. The lowest BCUT2D eigenvalue weighted by molar-refractivity contribution is 0.643. The Hall–Kier alpha value is -1.75. The molecule has 0 saturated carbocycles. The number of imidazole rings is 1. The van der Waals surface area contributed by atoms with Crippen molar-refractivity contribution in [3.8, 4) is 0 Å². The van der Waals surface area contributed by atoms with E-state index >= 15 is 0 Å². The van der Waals surface area contributed by atoms with Crippen LogP contribution in [-0.4, -0.2) is 19.5 Å². The summed E-state index contributed by atoms with van der Waals surface area (Å²) in [6.45, 7) is 3.43. The summed E-state index contributed by atoms with van der Waals surface area (Å²) in [5.41, 5.74) is 3.04. The topological polar surface area (TPSA) is 55.6 Å². The molecule has 1 N–H and O–H groups in total. The molecule has 0 bridgehead atoms. The normalized spacial score (nSPS) is 10.6. The summed E-state index contributed by atoms with van der Waals surface area (Å²) in [4.78, 5) is 12.5. The van der Waals surface area contributed by atoms with Crippen LogP contribution in [0.15, 0.2) is 24.9 Å². The second-order valence-electron chi connectivity index (χ2n) is 3.75. The molecule has 0 aliphatic heterocycles. The molecule has 0 unspecified atom stereocenters. The van der Waals surface area contributed by atoms with Crippen LogP contribution in [0.1, 0.15) is 17.1 Å². The van der Waals surface area contributed by atoms with Crippen molar-refractivity contribution < 1.29 is 0 Å². The molecular weight excluding hydrogens is 202 g/mol. The van der Waals surface area contributed by atoms with Gasteiger partial charge in [-0.2, -0.15) is 0 Å². The van der Waals surface area contributed by atoms with Gasteiger partial charge in [0.2, 0.25) is 0 Å². The Morgan fingerprint density at radius 3 is 2.69 bits per heavy atom. The summed E-state index contributed by atoms with van der Waals surface area (Å²) in [6.07, 6.45) is 7.23. The van der Waals surface area contributed by atoms with Gasteiger partial charge in [-0.05, 0) is 6.92 Å². The number of nitrogens with one attached hydrogen (secondary N) is 1. The fourth-order valence-electron chi connectivity index (χ4n) is 1.38. The van der Waals surface area contributed by atoms with E-state index in [1.54, 1.807) is 18.7 Å². The molecule has 2 aromatic rings. The van der Waals surface area contributed by atoms with E-state index in [-0.39, 0.29) is 0 Å². The minimum absolute atomic E-state index is 0.721. The van der Waals surface area contributed by atoms with Gasteiger partial charge in [0, 0.05) is 38.7 Å². The lowest BCUT2D eigenvalue weighted by Crippen LogP contribution is -2.15. The van der Waals surface area contributed by atoms with Crippen LogP contribution >= 0.6 is 0 Å². The van der Waals surface area contributed by atoms with Crippen molar-refractivity contribution in [3.63, 3.8) is 0 Å². The molecule has 0 spiro atoms. The maximum absolute atomic E-state index is 4.27. The van der Waals surface area contributed by atoms with Crippen LogP contribution in [0.3, 0.4) is 0 Å².